The summed E-state index contributed by atoms with van der Waals surface area (Å²) >= 11 is 14.9. The van der Waals surface area contributed by atoms with Gasteiger partial charge >= 0.3 is 0 Å². The fraction of sp³-hybridized carbons (Fsp3) is 0.250. The van der Waals surface area contributed by atoms with Gasteiger partial charge in [0.05, 0.1) is 21.1 Å². The highest BCUT2D eigenvalue weighted by molar-refractivity contribution is 9.10. The summed E-state index contributed by atoms with van der Waals surface area (Å²) in [4.78, 5) is 0. The number of halogens is 3. The third kappa shape index (κ3) is 2.28. The Balaban J connectivity index is 3.04. The van der Waals surface area contributed by atoms with Gasteiger partial charge in [-0.05, 0) is 35.0 Å². The lowest BCUT2D eigenvalue weighted by Gasteiger charge is -2.05. The Bertz CT molecular complexity index is 265. The number of ether oxygens (including phenoxy) is 1. The predicted octanol–water partition coefficient (Wildman–Crippen LogP) is 4.15. The molecule has 0 aliphatic carbocycles. The molecule has 4 heteroatoms. The minimum atomic E-state index is 0.561. The van der Waals surface area contributed by atoms with Crippen LogP contribution in [0.25, 0.3) is 0 Å². The summed E-state index contributed by atoms with van der Waals surface area (Å²) in [7, 11) is 0. The second kappa shape index (κ2) is 4.35. The zero-order chi connectivity index (χ0) is 9.14. The second-order valence-corrected chi connectivity index (χ2v) is 3.74. The summed E-state index contributed by atoms with van der Waals surface area (Å²) in [6.45, 7) is 2.51. The molecule has 12 heavy (non-hydrogen) atoms. The number of hydrogen-bond acceptors (Lipinski definition) is 1. The van der Waals surface area contributed by atoms with Gasteiger partial charge in [0.1, 0.15) is 5.75 Å². The normalized spacial score (nSPS) is 10.0. The largest absolute Gasteiger partial charge is 0.494 e. The van der Waals surface area contributed by atoms with E-state index in [0.29, 0.717) is 26.9 Å². The molecule has 0 N–H and O–H groups in total. The van der Waals surface area contributed by atoms with Gasteiger partial charge in [-0.3, -0.25) is 0 Å². The van der Waals surface area contributed by atoms with Gasteiger partial charge in [-0.2, -0.15) is 0 Å². The topological polar surface area (TPSA) is 9.23 Å². The fourth-order valence-electron chi connectivity index (χ4n) is 0.782. The average molecular weight is 270 g/mol. The highest BCUT2D eigenvalue weighted by atomic mass is 79.9. The van der Waals surface area contributed by atoms with E-state index in [4.69, 9.17) is 27.9 Å². The van der Waals surface area contributed by atoms with Gasteiger partial charge in [0, 0.05) is 0 Å². The van der Waals surface area contributed by atoms with Crippen LogP contribution in [0.4, 0.5) is 0 Å². The molecule has 1 aromatic rings. The number of hydrogen-bond donors (Lipinski definition) is 0. The molecular weight excluding hydrogens is 263 g/mol. The van der Waals surface area contributed by atoms with Gasteiger partial charge in [0.25, 0.3) is 0 Å². The average Bonchev–Trinajstić information content (AvgIpc) is 2.01. The van der Waals surface area contributed by atoms with Crippen LogP contribution in [0.1, 0.15) is 6.92 Å². The van der Waals surface area contributed by atoms with Crippen molar-refractivity contribution in [1.29, 1.82) is 0 Å². The Labute approximate surface area is 89.7 Å². The molecular formula is C8H7BrCl2O. The Morgan fingerprint density at radius 3 is 2.25 bits per heavy atom. The van der Waals surface area contributed by atoms with E-state index >= 15 is 0 Å². The number of benzene rings is 1. The van der Waals surface area contributed by atoms with Crippen molar-refractivity contribution in [3.05, 3.63) is 26.7 Å². The lowest BCUT2D eigenvalue weighted by molar-refractivity contribution is 0.340. The lowest BCUT2D eigenvalue weighted by atomic mass is 10.3. The summed E-state index contributed by atoms with van der Waals surface area (Å²) in [5, 5.41) is 1.12. The molecule has 0 saturated carbocycles. The van der Waals surface area contributed by atoms with Crippen LogP contribution in [0.15, 0.2) is 16.6 Å². The van der Waals surface area contributed by atoms with Gasteiger partial charge in [0.2, 0.25) is 0 Å². The molecule has 0 spiro atoms. The molecule has 0 amide bonds. The Morgan fingerprint density at radius 2 is 1.83 bits per heavy atom. The molecule has 1 aromatic carbocycles. The molecule has 0 aliphatic rings. The summed E-state index contributed by atoms with van der Waals surface area (Å²) in [5.41, 5.74) is 0. The zero-order valence-electron chi connectivity index (χ0n) is 6.40. The van der Waals surface area contributed by atoms with Gasteiger partial charge in [-0.25, -0.2) is 0 Å². The molecule has 0 bridgehead atoms. The van der Waals surface area contributed by atoms with Crippen LogP contribution < -0.4 is 4.74 Å². The van der Waals surface area contributed by atoms with Crippen molar-refractivity contribution in [3.63, 3.8) is 0 Å². The third-order valence-electron chi connectivity index (χ3n) is 1.27. The van der Waals surface area contributed by atoms with E-state index in [2.05, 4.69) is 15.9 Å². The molecule has 66 valence electrons. The van der Waals surface area contributed by atoms with Crippen molar-refractivity contribution in [2.45, 2.75) is 6.92 Å². The van der Waals surface area contributed by atoms with Crippen molar-refractivity contribution in [2.24, 2.45) is 0 Å². The van der Waals surface area contributed by atoms with E-state index in [1.807, 2.05) is 6.92 Å². The first-order chi connectivity index (χ1) is 5.65. The molecule has 0 aromatic heterocycles. The van der Waals surface area contributed by atoms with E-state index in [-0.39, 0.29) is 0 Å². The van der Waals surface area contributed by atoms with Crippen LogP contribution in [0.3, 0.4) is 0 Å². The molecule has 0 fully saturated rings. The molecule has 0 heterocycles. The minimum absolute atomic E-state index is 0.561. The molecule has 0 saturated heterocycles. The summed E-state index contributed by atoms with van der Waals surface area (Å²) in [5.74, 6) is 0.690. The Morgan fingerprint density at radius 1 is 1.33 bits per heavy atom. The highest BCUT2D eigenvalue weighted by Gasteiger charge is 2.05. The minimum Gasteiger partial charge on any atom is -0.494 e. The van der Waals surface area contributed by atoms with Crippen LogP contribution in [0.2, 0.25) is 10.0 Å². The smallest absolute Gasteiger partial charge is 0.122 e. The van der Waals surface area contributed by atoms with Gasteiger partial charge in [-0.15, -0.1) is 0 Å². The van der Waals surface area contributed by atoms with Crippen molar-refractivity contribution < 1.29 is 4.74 Å². The van der Waals surface area contributed by atoms with E-state index in [1.165, 1.54) is 0 Å². The maximum Gasteiger partial charge on any atom is 0.122 e. The van der Waals surface area contributed by atoms with Crippen LogP contribution in [0, 0.1) is 0 Å². The fourth-order valence-corrected chi connectivity index (χ4v) is 1.48. The lowest BCUT2D eigenvalue weighted by Crippen LogP contribution is -1.91. The van der Waals surface area contributed by atoms with Gasteiger partial charge in [0.15, 0.2) is 0 Å². The maximum absolute atomic E-state index is 5.84. The summed E-state index contributed by atoms with van der Waals surface area (Å²) in [6.07, 6.45) is 0. The molecule has 0 radical (unpaired) electrons. The first-order valence-electron chi connectivity index (χ1n) is 3.42. The third-order valence-corrected chi connectivity index (χ3v) is 3.18. The molecule has 0 atom stereocenters. The molecule has 0 unspecified atom stereocenters. The van der Waals surface area contributed by atoms with Crippen molar-refractivity contribution in [3.8, 4) is 5.75 Å². The van der Waals surface area contributed by atoms with Crippen molar-refractivity contribution in [2.75, 3.05) is 6.61 Å². The summed E-state index contributed by atoms with van der Waals surface area (Å²) in [6, 6.07) is 3.45. The number of rotatable bonds is 2. The molecule has 0 aliphatic heterocycles. The van der Waals surface area contributed by atoms with Crippen molar-refractivity contribution in [1.82, 2.24) is 0 Å². The Kier molecular flexibility index (Phi) is 3.69. The maximum atomic E-state index is 5.84. The first kappa shape index (κ1) is 10.2. The van der Waals surface area contributed by atoms with Crippen LogP contribution in [-0.2, 0) is 0 Å². The van der Waals surface area contributed by atoms with Crippen LogP contribution in [0.5, 0.6) is 5.75 Å². The van der Waals surface area contributed by atoms with E-state index < -0.39 is 0 Å². The van der Waals surface area contributed by atoms with Crippen molar-refractivity contribution >= 4 is 39.1 Å². The first-order valence-corrected chi connectivity index (χ1v) is 4.97. The second-order valence-electron chi connectivity index (χ2n) is 2.13. The quantitative estimate of drug-likeness (QED) is 0.733. The highest BCUT2D eigenvalue weighted by Crippen LogP contribution is 2.34. The van der Waals surface area contributed by atoms with Crippen LogP contribution in [-0.4, -0.2) is 6.61 Å². The SMILES string of the molecule is CCOc1cc(Cl)c(Br)c(Cl)c1. The molecule has 1 rings (SSSR count). The predicted molar refractivity (Wildman–Crippen MR) is 55.3 cm³/mol. The standard InChI is InChI=1S/C8H7BrCl2O/c1-2-12-5-3-6(10)8(9)7(11)4-5/h3-4H,2H2,1H3. The van der Waals surface area contributed by atoms with E-state index in [9.17, 15) is 0 Å². The Hall–Kier alpha value is 0.0800. The van der Waals surface area contributed by atoms with E-state index in [1.54, 1.807) is 12.1 Å². The van der Waals surface area contributed by atoms with Crippen LogP contribution >= 0.6 is 39.1 Å². The monoisotopic (exact) mass is 268 g/mol. The zero-order valence-corrected chi connectivity index (χ0v) is 9.50. The molecule has 1 nitrogen and oxygen atoms in total. The van der Waals surface area contributed by atoms with Gasteiger partial charge < -0.3 is 4.74 Å². The summed E-state index contributed by atoms with van der Waals surface area (Å²) < 4.78 is 5.94. The van der Waals surface area contributed by atoms with E-state index in [0.717, 1.165) is 0 Å². The van der Waals surface area contributed by atoms with Gasteiger partial charge in [-0.1, -0.05) is 23.2 Å².